The van der Waals surface area contributed by atoms with Crippen LogP contribution in [0.1, 0.15) is 11.5 Å². The van der Waals surface area contributed by atoms with Crippen LogP contribution in [0.2, 0.25) is 0 Å². The summed E-state index contributed by atoms with van der Waals surface area (Å²) in [6, 6.07) is 9.52. The van der Waals surface area contributed by atoms with E-state index < -0.39 is 16.4 Å². The third kappa shape index (κ3) is 3.74. The molecule has 0 atom stereocenters. The molecule has 0 aliphatic carbocycles. The third-order valence-electron chi connectivity index (χ3n) is 3.75. The molecule has 3 aromatic rings. The molecule has 0 fully saturated rings. The van der Waals surface area contributed by atoms with Gasteiger partial charge in [-0.25, -0.2) is 0 Å². The Kier molecular flexibility index (Phi) is 5.46. The number of hydrogen-bond acceptors (Lipinski definition) is 8. The van der Waals surface area contributed by atoms with Gasteiger partial charge < -0.3 is 19.1 Å². The first-order valence-corrected chi connectivity index (χ1v) is 8.20. The van der Waals surface area contributed by atoms with E-state index in [4.69, 9.17) is 25.6 Å². The van der Waals surface area contributed by atoms with E-state index in [0.29, 0.717) is 11.3 Å². The van der Waals surface area contributed by atoms with Crippen LogP contribution >= 0.6 is 11.6 Å². The van der Waals surface area contributed by atoms with Gasteiger partial charge in [-0.15, -0.1) is 0 Å². The van der Waals surface area contributed by atoms with Gasteiger partial charge in [0, 0.05) is 11.8 Å². The van der Waals surface area contributed by atoms with Gasteiger partial charge in [0.1, 0.15) is 16.5 Å². The molecule has 0 aliphatic heterocycles. The first kappa shape index (κ1) is 19.2. The molecular weight excluding hydrogens is 390 g/mol. The standard InChI is InChI=1S/C18H14ClN3O6/c1-26-14-6-4-3-5-11(14)17-20-18(28-21-17)12(19)7-10-8-13(22(24)25)16(23)15(9-10)27-2/h3-9,23H,1-2H3/p-1/b12-7-. The zero-order valence-electron chi connectivity index (χ0n) is 14.7. The van der Waals surface area contributed by atoms with Gasteiger partial charge in [-0.2, -0.15) is 4.98 Å². The van der Waals surface area contributed by atoms with Crippen molar-refractivity contribution >= 4 is 28.4 Å². The lowest BCUT2D eigenvalue weighted by atomic mass is 10.1. The van der Waals surface area contributed by atoms with Crippen LogP contribution in [-0.2, 0) is 0 Å². The Balaban J connectivity index is 1.98. The molecule has 2 aromatic carbocycles. The van der Waals surface area contributed by atoms with Gasteiger partial charge in [0.15, 0.2) is 0 Å². The summed E-state index contributed by atoms with van der Waals surface area (Å²) in [5, 5.41) is 26.9. The lowest BCUT2D eigenvalue weighted by molar-refractivity contribution is -0.398. The van der Waals surface area contributed by atoms with Crippen LogP contribution in [0.15, 0.2) is 40.9 Å². The quantitative estimate of drug-likeness (QED) is 0.453. The Morgan fingerprint density at radius 3 is 2.61 bits per heavy atom. The molecule has 0 unspecified atom stereocenters. The smallest absolute Gasteiger partial charge is 0.269 e. The first-order valence-electron chi connectivity index (χ1n) is 7.82. The minimum atomic E-state index is -0.822. The van der Waals surface area contributed by atoms with Crippen molar-refractivity contribution in [3.63, 3.8) is 0 Å². The minimum Gasteiger partial charge on any atom is -0.865 e. The summed E-state index contributed by atoms with van der Waals surface area (Å²) >= 11 is 6.23. The van der Waals surface area contributed by atoms with Crippen molar-refractivity contribution in [2.45, 2.75) is 0 Å². The highest BCUT2D eigenvalue weighted by molar-refractivity contribution is 6.50. The van der Waals surface area contributed by atoms with Gasteiger partial charge in [0.05, 0.1) is 24.7 Å². The number of benzene rings is 2. The van der Waals surface area contributed by atoms with Crippen LogP contribution in [0.3, 0.4) is 0 Å². The Morgan fingerprint density at radius 2 is 1.93 bits per heavy atom. The zero-order chi connectivity index (χ0) is 20.3. The van der Waals surface area contributed by atoms with Crippen molar-refractivity contribution in [1.29, 1.82) is 0 Å². The number of nitrogens with zero attached hydrogens (tertiary/aromatic N) is 3. The van der Waals surface area contributed by atoms with E-state index in [-0.39, 0.29) is 28.1 Å². The predicted molar refractivity (Wildman–Crippen MR) is 99.1 cm³/mol. The third-order valence-corrected chi connectivity index (χ3v) is 4.02. The summed E-state index contributed by atoms with van der Waals surface area (Å²) < 4.78 is 15.3. The second-order valence-electron chi connectivity index (χ2n) is 5.44. The summed E-state index contributed by atoms with van der Waals surface area (Å²) in [6.07, 6.45) is 1.36. The molecule has 10 heteroatoms. The number of nitro benzene ring substituents is 1. The van der Waals surface area contributed by atoms with Crippen molar-refractivity contribution in [2.24, 2.45) is 0 Å². The summed E-state index contributed by atoms with van der Waals surface area (Å²) in [6.45, 7) is 0. The number of nitro groups is 1. The Bertz CT molecular complexity index is 1060. The van der Waals surface area contributed by atoms with Crippen LogP contribution in [0.5, 0.6) is 17.2 Å². The fourth-order valence-corrected chi connectivity index (χ4v) is 2.65. The highest BCUT2D eigenvalue weighted by Gasteiger charge is 2.17. The fourth-order valence-electron chi connectivity index (χ4n) is 2.45. The van der Waals surface area contributed by atoms with Crippen molar-refractivity contribution in [3.05, 3.63) is 58.0 Å². The number of methoxy groups -OCH3 is 2. The van der Waals surface area contributed by atoms with Gasteiger partial charge in [0.25, 0.3) is 11.6 Å². The fraction of sp³-hybridized carbons (Fsp3) is 0.111. The summed E-state index contributed by atoms with van der Waals surface area (Å²) in [5.41, 5.74) is 0.248. The summed E-state index contributed by atoms with van der Waals surface area (Å²) in [4.78, 5) is 14.5. The molecule has 1 aromatic heterocycles. The summed E-state index contributed by atoms with van der Waals surface area (Å²) in [7, 11) is 2.76. The number of aromatic nitrogens is 2. The second-order valence-corrected chi connectivity index (χ2v) is 5.85. The molecule has 0 aliphatic rings. The minimum absolute atomic E-state index is 0.00427. The Labute approximate surface area is 163 Å². The maximum atomic E-state index is 11.9. The lowest BCUT2D eigenvalue weighted by Crippen LogP contribution is -2.01. The maximum Gasteiger partial charge on any atom is 0.269 e. The van der Waals surface area contributed by atoms with E-state index >= 15 is 0 Å². The monoisotopic (exact) mass is 402 g/mol. The maximum absolute atomic E-state index is 11.9. The highest BCUT2D eigenvalue weighted by atomic mass is 35.5. The predicted octanol–water partition coefficient (Wildman–Crippen LogP) is 3.47. The molecule has 0 radical (unpaired) electrons. The number of ether oxygens (including phenoxy) is 2. The van der Waals surface area contributed by atoms with Crippen molar-refractivity contribution < 1.29 is 24.0 Å². The average Bonchev–Trinajstić information content (AvgIpc) is 3.19. The lowest BCUT2D eigenvalue weighted by Gasteiger charge is -2.13. The number of para-hydroxylation sites is 1. The Morgan fingerprint density at radius 1 is 1.21 bits per heavy atom. The summed E-state index contributed by atoms with van der Waals surface area (Å²) in [5.74, 6) is -0.184. The largest absolute Gasteiger partial charge is 0.865 e. The molecule has 3 rings (SSSR count). The molecule has 9 nitrogen and oxygen atoms in total. The second kappa shape index (κ2) is 7.97. The molecular formula is C18H13ClN3O6-. The van der Waals surface area contributed by atoms with E-state index in [1.807, 2.05) is 0 Å². The number of halogens is 1. The van der Waals surface area contributed by atoms with Crippen LogP contribution in [0, 0.1) is 10.1 Å². The van der Waals surface area contributed by atoms with Gasteiger partial charge in [0.2, 0.25) is 5.82 Å². The van der Waals surface area contributed by atoms with E-state index in [9.17, 15) is 15.2 Å². The van der Waals surface area contributed by atoms with E-state index in [2.05, 4.69) is 10.1 Å². The molecule has 1 heterocycles. The van der Waals surface area contributed by atoms with E-state index in [1.54, 1.807) is 24.3 Å². The molecule has 0 spiro atoms. The highest BCUT2D eigenvalue weighted by Crippen LogP contribution is 2.36. The van der Waals surface area contributed by atoms with Crippen molar-refractivity contribution in [3.8, 4) is 28.6 Å². The SMILES string of the molecule is COc1ccccc1-c1noc(/C(Cl)=C/c2cc(OC)c([O-])c([N+](=O)[O-])c2)n1. The molecule has 0 saturated heterocycles. The van der Waals surface area contributed by atoms with Crippen LogP contribution in [0.25, 0.3) is 22.5 Å². The first-order chi connectivity index (χ1) is 13.4. The average molecular weight is 403 g/mol. The topological polar surface area (TPSA) is 124 Å². The molecule has 0 amide bonds. The zero-order valence-corrected chi connectivity index (χ0v) is 15.5. The Hall–Kier alpha value is -3.59. The van der Waals surface area contributed by atoms with Gasteiger partial charge in [-0.05, 0) is 29.8 Å². The number of hydrogen-bond donors (Lipinski definition) is 0. The van der Waals surface area contributed by atoms with Gasteiger partial charge >= 0.3 is 0 Å². The van der Waals surface area contributed by atoms with Gasteiger partial charge in [-0.3, -0.25) is 10.1 Å². The van der Waals surface area contributed by atoms with E-state index in [0.717, 1.165) is 6.07 Å². The van der Waals surface area contributed by atoms with Crippen LogP contribution in [0.4, 0.5) is 5.69 Å². The van der Waals surface area contributed by atoms with Crippen molar-refractivity contribution in [1.82, 2.24) is 10.1 Å². The van der Waals surface area contributed by atoms with Crippen molar-refractivity contribution in [2.75, 3.05) is 14.2 Å². The van der Waals surface area contributed by atoms with E-state index in [1.165, 1.54) is 26.4 Å². The molecule has 0 saturated carbocycles. The molecule has 144 valence electrons. The molecule has 0 N–H and O–H groups in total. The van der Waals surface area contributed by atoms with Gasteiger partial charge in [-0.1, -0.05) is 28.9 Å². The van der Waals surface area contributed by atoms with Crippen LogP contribution < -0.4 is 14.6 Å². The molecule has 0 bridgehead atoms. The van der Waals surface area contributed by atoms with Crippen LogP contribution in [-0.4, -0.2) is 29.3 Å². The molecule has 28 heavy (non-hydrogen) atoms. The normalized spacial score (nSPS) is 11.3. The number of rotatable bonds is 6.